The third kappa shape index (κ3) is 5.18. The van der Waals surface area contributed by atoms with Crippen LogP contribution in [-0.4, -0.2) is 63.6 Å². The Morgan fingerprint density at radius 3 is 2.41 bits per heavy atom. The van der Waals surface area contributed by atoms with Gasteiger partial charge in [-0.3, -0.25) is 4.79 Å². The fourth-order valence-electron chi connectivity index (χ4n) is 3.63. The van der Waals surface area contributed by atoms with Gasteiger partial charge in [0.05, 0.1) is 12.2 Å². The number of nitrogens with one attached hydrogen (secondary N) is 1. The molecule has 1 aliphatic heterocycles. The van der Waals surface area contributed by atoms with E-state index in [1.54, 1.807) is 18.2 Å². The average molecular weight is 780 g/mol. The summed E-state index contributed by atoms with van der Waals surface area (Å²) in [6.45, 7) is 1.52. The topological polar surface area (TPSA) is 145 Å². The maximum absolute atomic E-state index is 12.8. The summed E-state index contributed by atoms with van der Waals surface area (Å²) < 4.78 is 8.49. The number of halogens is 3. The van der Waals surface area contributed by atoms with Crippen LogP contribution < -0.4 is 11.1 Å². The zero-order chi connectivity index (χ0) is 23.7. The number of amides is 1. The minimum atomic E-state index is -1.60. The summed E-state index contributed by atoms with van der Waals surface area (Å²) in [5.41, 5.74) is 9.77. The zero-order valence-corrected chi connectivity index (χ0v) is 23.4. The molecule has 32 heavy (non-hydrogen) atoms. The van der Waals surface area contributed by atoms with Crippen molar-refractivity contribution in [1.29, 1.82) is 0 Å². The van der Waals surface area contributed by atoms with Crippen LogP contribution in [0.15, 0.2) is 24.3 Å². The summed E-state index contributed by atoms with van der Waals surface area (Å²) in [6.07, 6.45) is -4.84. The predicted octanol–water partition coefficient (Wildman–Crippen LogP) is 1.84. The van der Waals surface area contributed by atoms with Gasteiger partial charge >= 0.3 is 0 Å². The van der Waals surface area contributed by atoms with Gasteiger partial charge in [0.2, 0.25) is 0 Å². The lowest BCUT2D eigenvalue weighted by Crippen LogP contribution is -2.64. The van der Waals surface area contributed by atoms with Crippen LogP contribution in [0.5, 0.6) is 0 Å². The monoisotopic (exact) mass is 780 g/mol. The first-order valence-electron chi connectivity index (χ1n) is 9.78. The molecule has 2 aromatic rings. The Kier molecular flexibility index (Phi) is 9.01. The van der Waals surface area contributed by atoms with E-state index in [1.165, 1.54) is 9.13 Å². The number of carbonyl (C=O) groups is 1. The molecule has 8 nitrogen and oxygen atoms in total. The molecule has 7 N–H and O–H groups in total. The highest BCUT2D eigenvalue weighted by atomic mass is 127. The van der Waals surface area contributed by atoms with Gasteiger partial charge in [-0.1, -0.05) is 13.0 Å². The fraction of sp³-hybridized carbons (Fsp3) is 0.381. The molecule has 0 radical (unpaired) electrons. The molecule has 0 saturated carbocycles. The molecular formula is C21H23I3N2O6. The van der Waals surface area contributed by atoms with Gasteiger partial charge < -0.3 is 36.2 Å². The normalized spacial score (nSPS) is 25.6. The Hall–Kier alpha value is -0.300. The molecule has 174 valence electrons. The highest BCUT2D eigenvalue weighted by molar-refractivity contribution is 14.1. The minimum absolute atomic E-state index is 0.165. The molecule has 5 unspecified atom stereocenters. The Bertz CT molecular complexity index is 1020. The number of rotatable bonds is 5. The van der Waals surface area contributed by atoms with E-state index >= 15 is 0 Å². The van der Waals surface area contributed by atoms with Gasteiger partial charge in [0, 0.05) is 22.0 Å². The number of benzene rings is 2. The largest absolute Gasteiger partial charge is 0.398 e. The van der Waals surface area contributed by atoms with Gasteiger partial charge in [-0.2, -0.15) is 0 Å². The van der Waals surface area contributed by atoms with Crippen molar-refractivity contribution < 1.29 is 30.0 Å². The van der Waals surface area contributed by atoms with Crippen molar-refractivity contribution in [2.75, 3.05) is 12.3 Å². The molecule has 2 aromatic carbocycles. The summed E-state index contributed by atoms with van der Waals surface area (Å²) in [6, 6.07) is 5.94. The van der Waals surface area contributed by atoms with Crippen molar-refractivity contribution in [3.8, 4) is 11.1 Å². The number of aliphatic hydroxyl groups is 4. The Morgan fingerprint density at radius 2 is 1.81 bits per heavy atom. The van der Waals surface area contributed by atoms with E-state index in [2.05, 4.69) is 86.1 Å². The van der Waals surface area contributed by atoms with E-state index in [0.29, 0.717) is 0 Å². The number of anilines is 1. The number of carbonyl (C=O) groups excluding carboxylic acids is 1. The summed E-state index contributed by atoms with van der Waals surface area (Å²) in [7, 11) is 0. The quantitative estimate of drug-likeness (QED) is 0.201. The molecule has 0 aliphatic carbocycles. The van der Waals surface area contributed by atoms with E-state index < -0.39 is 43.2 Å². The second-order valence-corrected chi connectivity index (χ2v) is 10.8. The standard InChI is InChI=1S/C21H23I3N2O6/c1-2-9-11(22)6-12(23)15(16(9)24)8-3-4-10(13(25)5-8)20(30)26-17-19(29)18(28)14(7-27)32-21(17)31/h3-6,14,17-19,21,27-29,31H,2,7,25H2,1H3,(H,26,30). The fourth-order valence-corrected chi connectivity index (χ4v) is 8.38. The zero-order valence-electron chi connectivity index (χ0n) is 16.9. The van der Waals surface area contributed by atoms with E-state index in [9.17, 15) is 25.2 Å². The summed E-state index contributed by atoms with van der Waals surface area (Å²) in [5, 5.41) is 42.0. The van der Waals surface area contributed by atoms with Gasteiger partial charge in [-0.05, 0) is 104 Å². The van der Waals surface area contributed by atoms with Crippen molar-refractivity contribution >= 4 is 79.4 Å². The lowest BCUT2D eigenvalue weighted by atomic mass is 9.96. The average Bonchev–Trinajstić information content (AvgIpc) is 2.73. The molecule has 1 saturated heterocycles. The highest BCUT2D eigenvalue weighted by Crippen LogP contribution is 2.36. The maximum atomic E-state index is 12.8. The number of hydrogen-bond donors (Lipinski definition) is 6. The first kappa shape index (κ1) is 26.3. The van der Waals surface area contributed by atoms with Crippen molar-refractivity contribution in [2.45, 2.75) is 44.0 Å². The molecule has 0 bridgehead atoms. The van der Waals surface area contributed by atoms with Crippen LogP contribution in [0.3, 0.4) is 0 Å². The Morgan fingerprint density at radius 1 is 1.12 bits per heavy atom. The lowest BCUT2D eigenvalue weighted by Gasteiger charge is -2.40. The third-order valence-electron chi connectivity index (χ3n) is 5.40. The van der Waals surface area contributed by atoms with Crippen LogP contribution in [0.1, 0.15) is 22.8 Å². The molecule has 1 amide bonds. The Labute approximate surface area is 226 Å². The Balaban J connectivity index is 1.87. The van der Waals surface area contributed by atoms with Crippen LogP contribution >= 0.6 is 67.8 Å². The first-order chi connectivity index (χ1) is 15.1. The van der Waals surface area contributed by atoms with Crippen molar-refractivity contribution in [1.82, 2.24) is 5.32 Å². The lowest BCUT2D eigenvalue weighted by molar-refractivity contribution is -0.252. The van der Waals surface area contributed by atoms with E-state index in [4.69, 9.17) is 10.5 Å². The molecule has 3 rings (SSSR count). The third-order valence-corrected chi connectivity index (χ3v) is 8.41. The maximum Gasteiger partial charge on any atom is 0.253 e. The van der Waals surface area contributed by atoms with Crippen molar-refractivity contribution in [3.05, 3.63) is 46.1 Å². The second-order valence-electron chi connectivity index (χ2n) is 7.39. The number of nitrogens with two attached hydrogens (primary N) is 1. The van der Waals surface area contributed by atoms with E-state index in [1.807, 2.05) is 0 Å². The molecule has 1 aliphatic rings. The SMILES string of the molecule is CCc1c(I)cc(I)c(-c2ccc(C(=O)NC3C(O)OC(CO)C(O)C3O)c(N)c2)c1I. The van der Waals surface area contributed by atoms with Crippen LogP contribution in [0.4, 0.5) is 5.69 Å². The highest BCUT2D eigenvalue weighted by Gasteiger charge is 2.44. The molecule has 1 heterocycles. The van der Waals surface area contributed by atoms with Gasteiger partial charge in [0.1, 0.15) is 24.4 Å². The first-order valence-corrected chi connectivity index (χ1v) is 13.0. The molecule has 11 heteroatoms. The van der Waals surface area contributed by atoms with Gasteiger partial charge in [0.15, 0.2) is 6.29 Å². The second kappa shape index (κ2) is 11.0. The van der Waals surface area contributed by atoms with Crippen LogP contribution in [0, 0.1) is 10.7 Å². The molecule has 5 atom stereocenters. The van der Waals surface area contributed by atoms with Gasteiger partial charge in [-0.15, -0.1) is 0 Å². The molecular weight excluding hydrogens is 757 g/mol. The van der Waals surface area contributed by atoms with E-state index in [0.717, 1.165) is 24.7 Å². The van der Waals surface area contributed by atoms with Gasteiger partial charge in [-0.25, -0.2) is 0 Å². The summed E-state index contributed by atoms with van der Waals surface area (Å²) in [4.78, 5) is 12.8. The number of aliphatic hydroxyl groups excluding tert-OH is 4. The van der Waals surface area contributed by atoms with Gasteiger partial charge in [0.25, 0.3) is 5.91 Å². The number of nitrogen functional groups attached to an aromatic ring is 1. The van der Waals surface area contributed by atoms with Crippen LogP contribution in [0.25, 0.3) is 11.1 Å². The predicted molar refractivity (Wildman–Crippen MR) is 145 cm³/mol. The summed E-state index contributed by atoms with van der Waals surface area (Å²) in [5.74, 6) is -0.628. The molecule has 0 aromatic heterocycles. The van der Waals surface area contributed by atoms with E-state index in [-0.39, 0.29) is 11.3 Å². The number of ether oxygens (including phenoxy) is 1. The number of hydrogen-bond acceptors (Lipinski definition) is 7. The molecule has 1 fully saturated rings. The van der Waals surface area contributed by atoms with Crippen LogP contribution in [0.2, 0.25) is 0 Å². The smallest absolute Gasteiger partial charge is 0.253 e. The molecule has 0 spiro atoms. The summed E-state index contributed by atoms with van der Waals surface area (Å²) >= 11 is 6.96. The minimum Gasteiger partial charge on any atom is -0.398 e. The van der Waals surface area contributed by atoms with Crippen LogP contribution in [-0.2, 0) is 11.2 Å². The van der Waals surface area contributed by atoms with Crippen molar-refractivity contribution in [3.63, 3.8) is 0 Å². The van der Waals surface area contributed by atoms with Crippen molar-refractivity contribution in [2.24, 2.45) is 0 Å².